The molecule has 3 rings (SSSR count). The molecule has 182 valence electrons. The van der Waals surface area contributed by atoms with Gasteiger partial charge in [0, 0.05) is 29.6 Å². The van der Waals surface area contributed by atoms with Crippen molar-refractivity contribution >= 4 is 15.8 Å². The van der Waals surface area contributed by atoms with Gasteiger partial charge < -0.3 is 10.8 Å². The number of hydrogen-bond acceptors (Lipinski definition) is 7. The first kappa shape index (κ1) is 25.5. The number of aromatic nitrogens is 3. The van der Waals surface area contributed by atoms with Crippen LogP contribution in [-0.4, -0.2) is 46.8 Å². The van der Waals surface area contributed by atoms with E-state index in [9.17, 15) is 26.7 Å². The fraction of sp³-hybridized carbons (Fsp3) is 0.318. The van der Waals surface area contributed by atoms with Gasteiger partial charge in [-0.05, 0) is 57.0 Å². The molecule has 0 saturated heterocycles. The van der Waals surface area contributed by atoms with E-state index in [0.29, 0.717) is 35.0 Å². The lowest BCUT2D eigenvalue weighted by atomic mass is 10.0. The minimum Gasteiger partial charge on any atom is -0.382 e. The van der Waals surface area contributed by atoms with Crippen LogP contribution in [0.3, 0.4) is 0 Å². The lowest BCUT2D eigenvalue weighted by Gasteiger charge is -2.26. The fourth-order valence-electron chi connectivity index (χ4n) is 3.13. The number of aryl methyl sites for hydroxylation is 2. The smallest absolute Gasteiger partial charge is 0.382 e. The van der Waals surface area contributed by atoms with Gasteiger partial charge in [-0.1, -0.05) is 6.07 Å². The van der Waals surface area contributed by atoms with Gasteiger partial charge in [-0.2, -0.15) is 13.2 Å². The highest BCUT2D eigenvalue weighted by atomic mass is 32.2. The van der Waals surface area contributed by atoms with Gasteiger partial charge >= 0.3 is 6.18 Å². The fourth-order valence-corrected chi connectivity index (χ4v) is 4.19. The second kappa shape index (κ2) is 9.28. The van der Waals surface area contributed by atoms with Gasteiger partial charge in [0.15, 0.2) is 5.60 Å². The van der Waals surface area contributed by atoms with Crippen molar-refractivity contribution in [1.82, 2.24) is 19.7 Å². The van der Waals surface area contributed by atoms with Gasteiger partial charge in [-0.3, -0.25) is 4.98 Å². The van der Waals surface area contributed by atoms with Gasteiger partial charge in [0.1, 0.15) is 11.5 Å². The Morgan fingerprint density at radius 2 is 1.82 bits per heavy atom. The summed E-state index contributed by atoms with van der Waals surface area (Å²) in [6.07, 6.45) is -2.70. The molecule has 0 saturated carbocycles. The van der Waals surface area contributed by atoms with Crippen molar-refractivity contribution in [3.63, 3.8) is 0 Å². The zero-order chi connectivity index (χ0) is 25.3. The van der Waals surface area contributed by atoms with Gasteiger partial charge in [0.05, 0.1) is 16.8 Å². The number of rotatable bonds is 7. The molecule has 0 bridgehead atoms. The van der Waals surface area contributed by atoms with Crippen molar-refractivity contribution in [1.29, 1.82) is 0 Å². The number of hydrogen-bond donors (Lipinski definition) is 3. The Morgan fingerprint density at radius 1 is 1.12 bits per heavy atom. The predicted octanol–water partition coefficient (Wildman–Crippen LogP) is 3.39. The summed E-state index contributed by atoms with van der Waals surface area (Å²) in [5.74, 6) is 0.189. The van der Waals surface area contributed by atoms with E-state index in [1.54, 1.807) is 31.3 Å². The van der Waals surface area contributed by atoms with Crippen LogP contribution >= 0.6 is 0 Å². The normalized spacial score (nSPS) is 14.1. The monoisotopic (exact) mass is 495 g/mol. The van der Waals surface area contributed by atoms with Gasteiger partial charge in [-0.25, -0.2) is 23.1 Å². The lowest BCUT2D eigenvalue weighted by Crippen LogP contribution is -2.44. The second-order valence-electron chi connectivity index (χ2n) is 8.07. The van der Waals surface area contributed by atoms with Gasteiger partial charge in [0.2, 0.25) is 10.0 Å². The average Bonchev–Trinajstić information content (AvgIpc) is 2.73. The molecule has 0 amide bonds. The molecule has 3 aromatic rings. The van der Waals surface area contributed by atoms with Crippen LogP contribution in [0.4, 0.5) is 19.0 Å². The van der Waals surface area contributed by atoms with Crippen LogP contribution in [0.25, 0.3) is 22.5 Å². The highest BCUT2D eigenvalue weighted by Crippen LogP contribution is 2.33. The average molecular weight is 496 g/mol. The van der Waals surface area contributed by atoms with Crippen LogP contribution in [0.5, 0.6) is 0 Å². The van der Waals surface area contributed by atoms with E-state index in [2.05, 4.69) is 19.7 Å². The summed E-state index contributed by atoms with van der Waals surface area (Å²) in [6, 6.07) is 7.77. The molecular weight excluding hydrogens is 471 g/mol. The number of nitrogens with one attached hydrogen (secondary N) is 1. The molecule has 12 heteroatoms. The summed E-state index contributed by atoms with van der Waals surface area (Å²) in [6.45, 7) is 3.56. The van der Waals surface area contributed by atoms with E-state index in [4.69, 9.17) is 5.73 Å². The molecule has 0 radical (unpaired) electrons. The maximum atomic E-state index is 12.8. The number of aliphatic hydroxyl groups is 1. The number of pyridine rings is 1. The molecule has 34 heavy (non-hydrogen) atoms. The zero-order valence-electron chi connectivity index (χ0n) is 18.7. The van der Waals surface area contributed by atoms with Crippen molar-refractivity contribution in [2.45, 2.75) is 43.9 Å². The molecule has 2 aromatic heterocycles. The molecule has 1 aromatic carbocycles. The van der Waals surface area contributed by atoms with Crippen LogP contribution in [-0.2, 0) is 10.0 Å². The molecule has 0 aliphatic rings. The van der Waals surface area contributed by atoms with E-state index >= 15 is 0 Å². The summed E-state index contributed by atoms with van der Waals surface area (Å²) < 4.78 is 66.0. The van der Waals surface area contributed by atoms with Gasteiger partial charge in [0.25, 0.3) is 0 Å². The van der Waals surface area contributed by atoms with Crippen molar-refractivity contribution in [2.24, 2.45) is 0 Å². The predicted molar refractivity (Wildman–Crippen MR) is 121 cm³/mol. The number of nitrogen functional groups attached to an aromatic ring is 1. The lowest BCUT2D eigenvalue weighted by molar-refractivity contribution is -0.254. The first-order valence-corrected chi connectivity index (χ1v) is 11.6. The van der Waals surface area contributed by atoms with E-state index < -0.39 is 34.8 Å². The number of nitrogens with zero attached hydrogens (tertiary/aromatic N) is 3. The van der Waals surface area contributed by atoms with Crippen molar-refractivity contribution < 1.29 is 26.7 Å². The Bertz CT molecular complexity index is 1310. The summed E-state index contributed by atoms with van der Waals surface area (Å²) in [4.78, 5) is 12.7. The van der Waals surface area contributed by atoms with E-state index in [0.717, 1.165) is 5.69 Å². The molecule has 8 nitrogen and oxygen atoms in total. The van der Waals surface area contributed by atoms with Crippen LogP contribution < -0.4 is 10.5 Å². The zero-order valence-corrected chi connectivity index (χ0v) is 19.5. The molecule has 0 aliphatic carbocycles. The SMILES string of the molecule is Cc1cc(-c2nc(-c3cc(S(=O)(=O)NCCC(C)(O)C(F)(F)F)ccc3C)cnc2N)ccn1. The Kier molecular flexibility index (Phi) is 6.97. The quantitative estimate of drug-likeness (QED) is 0.458. The summed E-state index contributed by atoms with van der Waals surface area (Å²) in [5, 5.41) is 9.52. The molecule has 2 heterocycles. The van der Waals surface area contributed by atoms with Crippen LogP contribution in [0.2, 0.25) is 0 Å². The first-order chi connectivity index (χ1) is 15.7. The third-order valence-electron chi connectivity index (χ3n) is 5.28. The number of sulfonamides is 1. The third-order valence-corrected chi connectivity index (χ3v) is 6.74. The van der Waals surface area contributed by atoms with Crippen LogP contribution in [0.1, 0.15) is 24.6 Å². The number of halogens is 3. The minimum atomic E-state index is -4.88. The largest absolute Gasteiger partial charge is 0.416 e. The van der Waals surface area contributed by atoms with Crippen molar-refractivity contribution in [2.75, 3.05) is 12.3 Å². The Morgan fingerprint density at radius 3 is 2.47 bits per heavy atom. The second-order valence-corrected chi connectivity index (χ2v) is 9.84. The summed E-state index contributed by atoms with van der Waals surface area (Å²) in [5.41, 5.74) is 6.38. The van der Waals surface area contributed by atoms with Crippen LogP contribution in [0, 0.1) is 13.8 Å². The minimum absolute atomic E-state index is 0.167. The summed E-state index contributed by atoms with van der Waals surface area (Å²) in [7, 11) is -4.16. The molecule has 0 aliphatic heterocycles. The van der Waals surface area contributed by atoms with Crippen LogP contribution in [0.15, 0.2) is 47.6 Å². The number of alkyl halides is 3. The summed E-state index contributed by atoms with van der Waals surface area (Å²) >= 11 is 0. The van der Waals surface area contributed by atoms with E-state index in [-0.39, 0.29) is 10.7 Å². The Balaban J connectivity index is 1.92. The maximum absolute atomic E-state index is 12.8. The molecule has 0 fully saturated rings. The molecule has 1 unspecified atom stereocenters. The van der Waals surface area contributed by atoms with E-state index in [1.165, 1.54) is 18.3 Å². The third kappa shape index (κ3) is 5.51. The number of anilines is 1. The van der Waals surface area contributed by atoms with Gasteiger partial charge in [-0.15, -0.1) is 0 Å². The van der Waals surface area contributed by atoms with Crippen molar-refractivity contribution in [3.05, 3.63) is 54.0 Å². The number of benzene rings is 1. The molecular formula is C22H24F3N5O3S. The highest BCUT2D eigenvalue weighted by molar-refractivity contribution is 7.89. The topological polar surface area (TPSA) is 131 Å². The van der Waals surface area contributed by atoms with Crippen molar-refractivity contribution in [3.8, 4) is 22.5 Å². The first-order valence-electron chi connectivity index (χ1n) is 10.2. The molecule has 0 spiro atoms. The highest BCUT2D eigenvalue weighted by Gasteiger charge is 2.49. The number of nitrogens with two attached hydrogens (primary N) is 1. The molecule has 1 atom stereocenters. The maximum Gasteiger partial charge on any atom is 0.416 e. The Hall–Kier alpha value is -3.09. The van der Waals surface area contributed by atoms with E-state index in [1.807, 2.05) is 6.92 Å². The molecule has 4 N–H and O–H groups in total. The Labute approximate surface area is 195 Å². The standard InChI is InChI=1S/C22H24F3N5O3S/c1-13-4-5-16(34(32,33)29-9-7-21(3,31)22(23,24)25)11-17(13)18-12-28-20(26)19(30-18)15-6-8-27-14(2)10-15/h4-6,8,10-12,29,31H,7,9H2,1-3H3,(H2,26,28).